The number of ketones is 1. The number of carbonyl (C=O) groups excluding carboxylic acids is 2. The summed E-state index contributed by atoms with van der Waals surface area (Å²) in [6.07, 6.45) is 0.0206. The van der Waals surface area contributed by atoms with Crippen LogP contribution < -0.4 is 5.32 Å². The zero-order valence-corrected chi connectivity index (χ0v) is 10.3. The van der Waals surface area contributed by atoms with Crippen LogP contribution >= 0.6 is 15.9 Å². The topological polar surface area (TPSA) is 46.2 Å². The fourth-order valence-electron chi connectivity index (χ4n) is 2.03. The smallest absolute Gasteiger partial charge is 0.315 e. The average Bonchev–Trinajstić information content (AvgIpc) is 2.28. The lowest BCUT2D eigenvalue weighted by molar-refractivity contribution is -0.133. The Morgan fingerprint density at radius 3 is 2.50 bits per heavy atom. The van der Waals surface area contributed by atoms with E-state index in [1.54, 1.807) is 0 Å². The van der Waals surface area contributed by atoms with E-state index in [1.807, 2.05) is 0 Å². The highest BCUT2D eigenvalue weighted by Gasteiger charge is 2.32. The van der Waals surface area contributed by atoms with Crippen LogP contribution in [0.4, 0.5) is 8.78 Å². The molecular weight excluding hydrogens is 284 g/mol. The first kappa shape index (κ1) is 13.5. The van der Waals surface area contributed by atoms with Crippen LogP contribution in [0, 0.1) is 5.92 Å². The van der Waals surface area contributed by atoms with Crippen molar-refractivity contribution in [2.45, 2.75) is 38.2 Å². The van der Waals surface area contributed by atoms with E-state index < -0.39 is 18.4 Å². The first-order valence-corrected chi connectivity index (χ1v) is 6.35. The summed E-state index contributed by atoms with van der Waals surface area (Å²) in [4.78, 5) is 22.4. The van der Waals surface area contributed by atoms with Crippen LogP contribution in [0.1, 0.15) is 25.7 Å². The van der Waals surface area contributed by atoms with E-state index in [9.17, 15) is 18.4 Å². The molecule has 1 aliphatic rings. The van der Waals surface area contributed by atoms with Crippen molar-refractivity contribution in [2.24, 2.45) is 5.92 Å². The third-order valence-electron chi connectivity index (χ3n) is 2.84. The lowest BCUT2D eigenvalue weighted by Crippen LogP contribution is -2.47. The number of halogens is 3. The molecule has 2 atom stereocenters. The zero-order valence-electron chi connectivity index (χ0n) is 8.72. The Hall–Kier alpha value is -0.520. The fraction of sp³-hybridized carbons (Fsp3) is 0.800. The van der Waals surface area contributed by atoms with Crippen LogP contribution in [-0.4, -0.2) is 29.5 Å². The summed E-state index contributed by atoms with van der Waals surface area (Å²) in [6, 6.07) is -0.430. The summed E-state index contributed by atoms with van der Waals surface area (Å²) in [6.45, 7) is 0. The molecule has 1 rings (SSSR count). The molecule has 92 valence electrons. The number of hydrogen-bond acceptors (Lipinski definition) is 2. The molecule has 6 heteroatoms. The highest BCUT2D eigenvalue weighted by molar-refractivity contribution is 9.09. The summed E-state index contributed by atoms with van der Waals surface area (Å²) in [5.41, 5.74) is 0. The molecule has 0 aromatic heterocycles. The van der Waals surface area contributed by atoms with Crippen molar-refractivity contribution in [1.29, 1.82) is 0 Å². The molecule has 1 N–H and O–H groups in total. The average molecular weight is 298 g/mol. The Kier molecular flexibility index (Phi) is 5.31. The van der Waals surface area contributed by atoms with E-state index in [-0.39, 0.29) is 17.0 Å². The van der Waals surface area contributed by atoms with Crippen molar-refractivity contribution in [3.8, 4) is 0 Å². The van der Waals surface area contributed by atoms with E-state index in [0.29, 0.717) is 12.8 Å². The third-order valence-corrected chi connectivity index (χ3v) is 3.39. The van der Waals surface area contributed by atoms with E-state index in [1.165, 1.54) is 0 Å². The first-order chi connectivity index (χ1) is 7.56. The minimum absolute atomic E-state index is 0.0285. The molecule has 0 bridgehead atoms. The second-order valence-corrected chi connectivity index (χ2v) is 4.47. The van der Waals surface area contributed by atoms with E-state index in [2.05, 4.69) is 21.2 Å². The number of nitrogens with one attached hydrogen (secondary N) is 1. The Morgan fingerprint density at radius 2 is 1.94 bits per heavy atom. The summed E-state index contributed by atoms with van der Waals surface area (Å²) in [5, 5.41) is 2.46. The van der Waals surface area contributed by atoms with Gasteiger partial charge in [0.05, 0.1) is 5.33 Å². The molecule has 0 aromatic carbocycles. The Balaban J connectivity index is 2.60. The maximum Gasteiger partial charge on any atom is 0.315 e. The molecule has 0 saturated heterocycles. The molecule has 0 spiro atoms. The van der Waals surface area contributed by atoms with Crippen molar-refractivity contribution >= 4 is 27.6 Å². The summed E-state index contributed by atoms with van der Waals surface area (Å²) >= 11 is 3.06. The molecule has 1 fully saturated rings. The van der Waals surface area contributed by atoms with Crippen LogP contribution in [0.15, 0.2) is 0 Å². The number of carbonyl (C=O) groups is 2. The maximum atomic E-state index is 12.1. The molecule has 0 radical (unpaired) electrons. The number of amides is 1. The SMILES string of the molecule is O=C(NC1CCCCC1C(=O)CBr)C(F)F. The largest absolute Gasteiger partial charge is 0.348 e. The Bertz CT molecular complexity index is 274. The van der Waals surface area contributed by atoms with Crippen molar-refractivity contribution in [3.05, 3.63) is 0 Å². The Morgan fingerprint density at radius 1 is 1.31 bits per heavy atom. The van der Waals surface area contributed by atoms with Gasteiger partial charge in [0, 0.05) is 12.0 Å². The minimum atomic E-state index is -3.01. The van der Waals surface area contributed by atoms with Crippen LogP contribution in [0.5, 0.6) is 0 Å². The van der Waals surface area contributed by atoms with Crippen molar-refractivity contribution in [1.82, 2.24) is 5.32 Å². The van der Waals surface area contributed by atoms with Gasteiger partial charge in [-0.25, -0.2) is 0 Å². The predicted molar refractivity (Wildman–Crippen MR) is 58.7 cm³/mol. The van der Waals surface area contributed by atoms with Crippen LogP contribution in [-0.2, 0) is 9.59 Å². The fourth-order valence-corrected chi connectivity index (χ4v) is 2.45. The molecule has 2 unspecified atom stereocenters. The van der Waals surface area contributed by atoms with Gasteiger partial charge < -0.3 is 5.32 Å². The number of hydrogen-bond donors (Lipinski definition) is 1. The van der Waals surface area contributed by atoms with E-state index >= 15 is 0 Å². The standard InChI is InChI=1S/C10H14BrF2NO2/c11-5-8(15)6-3-1-2-4-7(6)14-10(16)9(12)13/h6-7,9H,1-5H2,(H,14,16). The van der Waals surface area contributed by atoms with Crippen molar-refractivity contribution in [2.75, 3.05) is 5.33 Å². The van der Waals surface area contributed by atoms with Crippen molar-refractivity contribution < 1.29 is 18.4 Å². The molecule has 16 heavy (non-hydrogen) atoms. The van der Waals surface area contributed by atoms with Gasteiger partial charge in [-0.05, 0) is 12.8 Å². The predicted octanol–water partition coefficient (Wildman–Crippen LogP) is 1.89. The second-order valence-electron chi connectivity index (χ2n) is 3.91. The molecule has 1 amide bonds. The minimum Gasteiger partial charge on any atom is -0.348 e. The van der Waals surface area contributed by atoms with Crippen LogP contribution in [0.3, 0.4) is 0 Å². The zero-order chi connectivity index (χ0) is 12.1. The lowest BCUT2D eigenvalue weighted by Gasteiger charge is -2.30. The van der Waals surface area contributed by atoms with Gasteiger partial charge in [-0.15, -0.1) is 0 Å². The van der Waals surface area contributed by atoms with E-state index in [0.717, 1.165) is 12.8 Å². The second kappa shape index (κ2) is 6.27. The normalized spacial score (nSPS) is 25.5. The number of Topliss-reactive ketones (excluding diaryl/α,β-unsaturated/α-hetero) is 1. The van der Waals surface area contributed by atoms with Gasteiger partial charge in [-0.3, -0.25) is 9.59 Å². The molecule has 3 nitrogen and oxygen atoms in total. The molecular formula is C10H14BrF2NO2. The van der Waals surface area contributed by atoms with Gasteiger partial charge in [0.1, 0.15) is 5.78 Å². The Labute approximate surface area is 101 Å². The third kappa shape index (κ3) is 3.50. The summed E-state index contributed by atoms with van der Waals surface area (Å²) < 4.78 is 24.2. The highest BCUT2D eigenvalue weighted by Crippen LogP contribution is 2.26. The molecule has 0 aliphatic heterocycles. The molecule has 1 saturated carbocycles. The van der Waals surface area contributed by atoms with Gasteiger partial charge in [-0.1, -0.05) is 28.8 Å². The highest BCUT2D eigenvalue weighted by atomic mass is 79.9. The first-order valence-electron chi connectivity index (χ1n) is 5.23. The maximum absolute atomic E-state index is 12.1. The van der Waals surface area contributed by atoms with Crippen LogP contribution in [0.2, 0.25) is 0 Å². The molecule has 0 aromatic rings. The van der Waals surface area contributed by atoms with Gasteiger partial charge >= 0.3 is 6.43 Å². The molecule has 1 aliphatic carbocycles. The van der Waals surface area contributed by atoms with Gasteiger partial charge in [0.15, 0.2) is 0 Å². The lowest BCUT2D eigenvalue weighted by atomic mass is 9.82. The number of alkyl halides is 3. The monoisotopic (exact) mass is 297 g/mol. The van der Waals surface area contributed by atoms with Gasteiger partial charge in [-0.2, -0.15) is 8.78 Å². The van der Waals surface area contributed by atoms with Crippen molar-refractivity contribution in [3.63, 3.8) is 0 Å². The van der Waals surface area contributed by atoms with Gasteiger partial charge in [0.25, 0.3) is 5.91 Å². The quantitative estimate of drug-likeness (QED) is 0.806. The summed E-state index contributed by atoms with van der Waals surface area (Å²) in [7, 11) is 0. The number of rotatable bonds is 4. The molecule has 0 heterocycles. The van der Waals surface area contributed by atoms with E-state index in [4.69, 9.17) is 0 Å². The summed E-state index contributed by atoms with van der Waals surface area (Å²) in [5.74, 6) is -1.63. The van der Waals surface area contributed by atoms with Gasteiger partial charge in [0.2, 0.25) is 0 Å². The van der Waals surface area contributed by atoms with Crippen LogP contribution in [0.25, 0.3) is 0 Å².